The summed E-state index contributed by atoms with van der Waals surface area (Å²) in [4.78, 5) is 24.8. The standard InChI is InChI=1S/C21H23N5O5S/c1-12(22-20(28)23-16-10-9-15(30-3)11-17(16)31-4)18(27)24-21-26-25-19(32-21)13-5-7-14(29-2)8-6-13/h5-12H,1-4H3,(H2,22,23,28)(H,24,26,27). The van der Waals surface area contributed by atoms with Crippen LogP contribution in [0.1, 0.15) is 6.92 Å². The number of anilines is 2. The zero-order valence-electron chi connectivity index (χ0n) is 18.0. The third-order valence-electron chi connectivity index (χ3n) is 4.39. The highest BCUT2D eigenvalue weighted by molar-refractivity contribution is 7.18. The number of hydrogen-bond acceptors (Lipinski definition) is 8. The molecule has 3 N–H and O–H groups in total. The predicted octanol–water partition coefficient (Wildman–Crippen LogP) is 3.38. The molecule has 0 aliphatic rings. The van der Waals surface area contributed by atoms with E-state index in [-0.39, 0.29) is 0 Å². The maximum atomic E-state index is 12.5. The van der Waals surface area contributed by atoms with E-state index in [1.54, 1.807) is 32.2 Å². The molecule has 0 aliphatic carbocycles. The molecule has 0 aliphatic heterocycles. The predicted molar refractivity (Wildman–Crippen MR) is 122 cm³/mol. The molecule has 0 bridgehead atoms. The van der Waals surface area contributed by atoms with Crippen molar-refractivity contribution >= 4 is 34.1 Å². The van der Waals surface area contributed by atoms with E-state index in [9.17, 15) is 9.59 Å². The Labute approximate surface area is 188 Å². The van der Waals surface area contributed by atoms with Gasteiger partial charge >= 0.3 is 6.03 Å². The molecule has 32 heavy (non-hydrogen) atoms. The SMILES string of the molecule is COc1ccc(-c2nnc(NC(=O)C(C)NC(=O)Nc3ccc(OC)cc3OC)s2)cc1. The molecule has 10 nitrogen and oxygen atoms in total. The molecule has 168 valence electrons. The molecule has 0 fully saturated rings. The Morgan fingerprint density at radius 3 is 2.25 bits per heavy atom. The number of carbonyl (C=O) groups is 2. The monoisotopic (exact) mass is 457 g/mol. The third kappa shape index (κ3) is 5.64. The van der Waals surface area contributed by atoms with Gasteiger partial charge in [0.05, 0.1) is 27.0 Å². The van der Waals surface area contributed by atoms with Crippen molar-refractivity contribution < 1.29 is 23.8 Å². The Bertz CT molecular complexity index is 1090. The fraction of sp³-hybridized carbons (Fsp3) is 0.238. The molecule has 1 heterocycles. The number of amides is 3. The number of benzene rings is 2. The van der Waals surface area contributed by atoms with Gasteiger partial charge in [-0.15, -0.1) is 10.2 Å². The third-order valence-corrected chi connectivity index (χ3v) is 5.28. The van der Waals surface area contributed by atoms with Gasteiger partial charge in [-0.1, -0.05) is 11.3 Å². The van der Waals surface area contributed by atoms with E-state index in [4.69, 9.17) is 14.2 Å². The van der Waals surface area contributed by atoms with Gasteiger partial charge in [0.1, 0.15) is 28.3 Å². The fourth-order valence-corrected chi connectivity index (χ4v) is 3.41. The summed E-state index contributed by atoms with van der Waals surface area (Å²) in [5, 5.41) is 16.9. The summed E-state index contributed by atoms with van der Waals surface area (Å²) in [6.45, 7) is 1.56. The van der Waals surface area contributed by atoms with Crippen LogP contribution in [0.3, 0.4) is 0 Å². The van der Waals surface area contributed by atoms with Crippen LogP contribution in [0.25, 0.3) is 10.6 Å². The molecule has 1 atom stereocenters. The maximum absolute atomic E-state index is 12.5. The lowest BCUT2D eigenvalue weighted by Gasteiger charge is -2.15. The lowest BCUT2D eigenvalue weighted by atomic mass is 10.2. The second-order valence-corrected chi connectivity index (χ2v) is 7.49. The van der Waals surface area contributed by atoms with E-state index in [0.29, 0.717) is 27.3 Å². The number of ether oxygens (including phenoxy) is 3. The molecule has 3 aromatic rings. The molecule has 3 amide bonds. The van der Waals surface area contributed by atoms with Crippen molar-refractivity contribution in [3.8, 4) is 27.8 Å². The molecule has 0 saturated carbocycles. The minimum absolute atomic E-state index is 0.326. The summed E-state index contributed by atoms with van der Waals surface area (Å²) in [6.07, 6.45) is 0. The first-order chi connectivity index (χ1) is 15.4. The van der Waals surface area contributed by atoms with Crippen molar-refractivity contribution in [1.82, 2.24) is 15.5 Å². The van der Waals surface area contributed by atoms with Gasteiger partial charge in [0, 0.05) is 11.6 Å². The summed E-state index contributed by atoms with van der Waals surface area (Å²) in [5.41, 5.74) is 1.29. The summed E-state index contributed by atoms with van der Waals surface area (Å²) >= 11 is 1.22. The number of nitrogens with one attached hydrogen (secondary N) is 3. The highest BCUT2D eigenvalue weighted by atomic mass is 32.1. The largest absolute Gasteiger partial charge is 0.497 e. The van der Waals surface area contributed by atoms with Crippen LogP contribution in [-0.4, -0.2) is 49.5 Å². The van der Waals surface area contributed by atoms with E-state index in [0.717, 1.165) is 11.3 Å². The van der Waals surface area contributed by atoms with Gasteiger partial charge in [0.2, 0.25) is 11.0 Å². The van der Waals surface area contributed by atoms with Gasteiger partial charge < -0.3 is 24.8 Å². The van der Waals surface area contributed by atoms with Crippen LogP contribution in [0, 0.1) is 0 Å². The summed E-state index contributed by atoms with van der Waals surface area (Å²) in [6, 6.07) is 10.9. The van der Waals surface area contributed by atoms with Crippen LogP contribution in [0.15, 0.2) is 42.5 Å². The Hall–Kier alpha value is -3.86. The number of methoxy groups -OCH3 is 3. The Balaban J connectivity index is 1.57. The van der Waals surface area contributed by atoms with E-state index in [2.05, 4.69) is 26.1 Å². The highest BCUT2D eigenvalue weighted by Gasteiger charge is 2.19. The van der Waals surface area contributed by atoms with Crippen molar-refractivity contribution in [2.75, 3.05) is 32.0 Å². The lowest BCUT2D eigenvalue weighted by molar-refractivity contribution is -0.117. The molecule has 2 aromatic carbocycles. The fourth-order valence-electron chi connectivity index (χ4n) is 2.66. The van der Waals surface area contributed by atoms with E-state index in [1.807, 2.05) is 24.3 Å². The molecule has 1 aromatic heterocycles. The highest BCUT2D eigenvalue weighted by Crippen LogP contribution is 2.29. The van der Waals surface area contributed by atoms with Crippen molar-refractivity contribution in [3.63, 3.8) is 0 Å². The van der Waals surface area contributed by atoms with Gasteiger partial charge in [-0.2, -0.15) is 0 Å². The molecule has 11 heteroatoms. The molecule has 0 saturated heterocycles. The zero-order valence-corrected chi connectivity index (χ0v) is 18.8. The van der Waals surface area contributed by atoms with Crippen LogP contribution >= 0.6 is 11.3 Å². The van der Waals surface area contributed by atoms with Gasteiger partial charge in [-0.05, 0) is 43.3 Å². The molecular formula is C21H23N5O5S. The number of carbonyl (C=O) groups excluding carboxylic acids is 2. The van der Waals surface area contributed by atoms with E-state index >= 15 is 0 Å². The van der Waals surface area contributed by atoms with Gasteiger partial charge in [-0.25, -0.2) is 4.79 Å². The minimum Gasteiger partial charge on any atom is -0.497 e. The Kier molecular flexibility index (Phi) is 7.45. The second kappa shape index (κ2) is 10.4. The first kappa shape index (κ1) is 22.8. The van der Waals surface area contributed by atoms with Crippen molar-refractivity contribution in [3.05, 3.63) is 42.5 Å². The topological polar surface area (TPSA) is 124 Å². The van der Waals surface area contributed by atoms with Crippen LogP contribution in [0.5, 0.6) is 17.2 Å². The smallest absolute Gasteiger partial charge is 0.319 e. The number of hydrogen-bond donors (Lipinski definition) is 3. The van der Waals surface area contributed by atoms with Crippen LogP contribution in [-0.2, 0) is 4.79 Å². The molecule has 0 spiro atoms. The lowest BCUT2D eigenvalue weighted by Crippen LogP contribution is -2.43. The molecular weight excluding hydrogens is 434 g/mol. The number of rotatable bonds is 8. The normalized spacial score (nSPS) is 11.2. The number of urea groups is 1. The van der Waals surface area contributed by atoms with Crippen molar-refractivity contribution in [1.29, 1.82) is 0 Å². The quantitative estimate of drug-likeness (QED) is 0.474. The number of nitrogens with zero attached hydrogens (tertiary/aromatic N) is 2. The first-order valence-corrected chi connectivity index (χ1v) is 10.3. The van der Waals surface area contributed by atoms with Crippen LogP contribution in [0.4, 0.5) is 15.6 Å². The van der Waals surface area contributed by atoms with Crippen LogP contribution < -0.4 is 30.2 Å². The first-order valence-electron chi connectivity index (χ1n) is 9.51. The van der Waals surface area contributed by atoms with Crippen molar-refractivity contribution in [2.45, 2.75) is 13.0 Å². The summed E-state index contributed by atoms with van der Waals surface area (Å²) < 4.78 is 15.5. The molecule has 0 radical (unpaired) electrons. The average molecular weight is 458 g/mol. The van der Waals surface area contributed by atoms with Crippen molar-refractivity contribution in [2.24, 2.45) is 0 Å². The van der Waals surface area contributed by atoms with Gasteiger partial charge in [-0.3, -0.25) is 10.1 Å². The van der Waals surface area contributed by atoms with Gasteiger partial charge in [0.25, 0.3) is 0 Å². The summed E-state index contributed by atoms with van der Waals surface area (Å²) in [7, 11) is 4.61. The second-order valence-electron chi connectivity index (χ2n) is 6.52. The Morgan fingerprint density at radius 2 is 1.59 bits per heavy atom. The summed E-state index contributed by atoms with van der Waals surface area (Å²) in [5.74, 6) is 1.32. The van der Waals surface area contributed by atoms with E-state index in [1.165, 1.54) is 25.6 Å². The Morgan fingerprint density at radius 1 is 0.906 bits per heavy atom. The van der Waals surface area contributed by atoms with E-state index < -0.39 is 18.0 Å². The average Bonchev–Trinajstić information content (AvgIpc) is 3.27. The van der Waals surface area contributed by atoms with Gasteiger partial charge in [0.15, 0.2) is 0 Å². The number of aromatic nitrogens is 2. The maximum Gasteiger partial charge on any atom is 0.319 e. The minimum atomic E-state index is -0.826. The van der Waals surface area contributed by atoms with Crippen LogP contribution in [0.2, 0.25) is 0 Å². The zero-order chi connectivity index (χ0) is 23.1. The molecule has 3 rings (SSSR count). The molecule has 1 unspecified atom stereocenters.